The van der Waals surface area contributed by atoms with Crippen LogP contribution in [0.4, 0.5) is 4.79 Å². The number of hydrogen-bond donors (Lipinski definition) is 1. The van der Waals surface area contributed by atoms with Crippen LogP contribution in [-0.4, -0.2) is 58.9 Å². The van der Waals surface area contributed by atoms with Crippen LogP contribution < -0.4 is 0 Å². The van der Waals surface area contributed by atoms with Crippen molar-refractivity contribution in [1.82, 2.24) is 9.80 Å². The molecule has 1 fully saturated rings. The van der Waals surface area contributed by atoms with Gasteiger partial charge in [-0.2, -0.15) is 0 Å². The van der Waals surface area contributed by atoms with Gasteiger partial charge in [-0.05, 0) is 62.8 Å². The van der Waals surface area contributed by atoms with E-state index in [1.54, 1.807) is 0 Å². The number of rotatable bonds is 12. The van der Waals surface area contributed by atoms with Gasteiger partial charge in [-0.3, -0.25) is 4.90 Å². The van der Waals surface area contributed by atoms with Crippen LogP contribution in [0.3, 0.4) is 0 Å². The van der Waals surface area contributed by atoms with E-state index in [9.17, 15) is 9.90 Å². The number of hydrogen-bond acceptors (Lipinski definition) is 5. The normalized spacial score (nSPS) is 18.4. The number of aliphatic hydroxyl groups excluding tert-OH is 1. The van der Waals surface area contributed by atoms with Gasteiger partial charge < -0.3 is 19.5 Å². The highest BCUT2D eigenvalue weighted by molar-refractivity contribution is 5.68. The van der Waals surface area contributed by atoms with E-state index in [4.69, 9.17) is 9.47 Å². The number of carbonyl (C=O) groups is 1. The monoisotopic (exact) mass is 544 g/mol. The molecular formula is C34H44N2O4. The summed E-state index contributed by atoms with van der Waals surface area (Å²) in [4.78, 5) is 17.5. The zero-order valence-corrected chi connectivity index (χ0v) is 24.1. The lowest BCUT2D eigenvalue weighted by Gasteiger charge is -2.36. The minimum atomic E-state index is -0.575. The lowest BCUT2D eigenvalue weighted by Crippen LogP contribution is -2.43. The fourth-order valence-corrected chi connectivity index (χ4v) is 5.56. The van der Waals surface area contributed by atoms with Gasteiger partial charge in [-0.15, -0.1) is 0 Å². The third-order valence-corrected chi connectivity index (χ3v) is 7.49. The van der Waals surface area contributed by atoms with Crippen LogP contribution in [0.15, 0.2) is 91.0 Å². The standard InChI is InChI=1S/C34H44N2O4/c1-34(2,3)40-33(38)35(23-27-13-7-4-8-14-27)21-20-31-30(26-39-25-28-15-9-5-10-16-28)19-22-36(31)32(24-37)29-17-11-6-12-18-29/h4-18,30-32,37H,19-26H2,1-3H3/t30-,31+,32+/m1/s1. The fourth-order valence-electron chi connectivity index (χ4n) is 5.56. The van der Waals surface area contributed by atoms with E-state index in [1.165, 1.54) is 0 Å². The van der Waals surface area contributed by atoms with Crippen LogP contribution in [0.5, 0.6) is 0 Å². The quantitative estimate of drug-likeness (QED) is 0.284. The Balaban J connectivity index is 1.51. The number of amides is 1. The van der Waals surface area contributed by atoms with Gasteiger partial charge in [0, 0.05) is 19.1 Å². The number of aliphatic hydroxyl groups is 1. The predicted octanol–water partition coefficient (Wildman–Crippen LogP) is 6.45. The zero-order chi connectivity index (χ0) is 28.4. The van der Waals surface area contributed by atoms with Crippen molar-refractivity contribution in [3.05, 3.63) is 108 Å². The molecule has 1 N–H and O–H groups in total. The summed E-state index contributed by atoms with van der Waals surface area (Å²) in [5, 5.41) is 10.5. The van der Waals surface area contributed by atoms with Gasteiger partial charge in [0.2, 0.25) is 0 Å². The van der Waals surface area contributed by atoms with Crippen molar-refractivity contribution in [3.63, 3.8) is 0 Å². The van der Waals surface area contributed by atoms with Crippen molar-refractivity contribution < 1.29 is 19.4 Å². The van der Waals surface area contributed by atoms with Crippen molar-refractivity contribution in [2.45, 2.75) is 64.4 Å². The molecule has 4 rings (SSSR count). The Bertz CT molecular complexity index is 1150. The minimum absolute atomic E-state index is 0.0396. The highest BCUT2D eigenvalue weighted by Gasteiger charge is 2.39. The molecule has 0 unspecified atom stereocenters. The van der Waals surface area contributed by atoms with E-state index in [-0.39, 0.29) is 24.8 Å². The molecule has 1 amide bonds. The lowest BCUT2D eigenvalue weighted by atomic mass is 9.96. The van der Waals surface area contributed by atoms with E-state index in [0.29, 0.717) is 32.2 Å². The summed E-state index contributed by atoms with van der Waals surface area (Å²) in [6.45, 7) is 8.85. The second kappa shape index (κ2) is 14.4. The third-order valence-electron chi connectivity index (χ3n) is 7.49. The molecule has 0 radical (unpaired) electrons. The van der Waals surface area contributed by atoms with Crippen molar-refractivity contribution in [3.8, 4) is 0 Å². The van der Waals surface area contributed by atoms with Crippen LogP contribution >= 0.6 is 0 Å². The number of ether oxygens (including phenoxy) is 2. The Kier molecular flexibility index (Phi) is 10.8. The fraction of sp³-hybridized carbons (Fsp3) is 0.441. The first-order chi connectivity index (χ1) is 19.3. The highest BCUT2D eigenvalue weighted by Crippen LogP contribution is 2.35. The second-order valence-corrected chi connectivity index (χ2v) is 11.6. The number of likely N-dealkylation sites (tertiary alicyclic amines) is 1. The van der Waals surface area contributed by atoms with Gasteiger partial charge in [0.25, 0.3) is 0 Å². The topological polar surface area (TPSA) is 62.2 Å². The Morgan fingerprint density at radius 2 is 1.55 bits per heavy atom. The van der Waals surface area contributed by atoms with E-state index in [1.807, 2.05) is 92.4 Å². The summed E-state index contributed by atoms with van der Waals surface area (Å²) in [5.74, 6) is 0.290. The smallest absolute Gasteiger partial charge is 0.410 e. The molecule has 0 bridgehead atoms. The summed E-state index contributed by atoms with van der Waals surface area (Å²) >= 11 is 0. The van der Waals surface area contributed by atoms with E-state index in [2.05, 4.69) is 29.2 Å². The first kappa shape index (κ1) is 29.8. The van der Waals surface area contributed by atoms with Crippen LogP contribution in [0.1, 0.15) is 56.3 Å². The lowest BCUT2D eigenvalue weighted by molar-refractivity contribution is 0.0172. The number of carbonyl (C=O) groups excluding carboxylic acids is 1. The Morgan fingerprint density at radius 1 is 0.950 bits per heavy atom. The maximum atomic E-state index is 13.3. The SMILES string of the molecule is CC(C)(C)OC(=O)N(CC[C@H]1[C@@H](COCc2ccccc2)CCN1[C@@H](CO)c1ccccc1)Cc1ccccc1. The van der Waals surface area contributed by atoms with Crippen molar-refractivity contribution >= 4 is 6.09 Å². The van der Waals surface area contributed by atoms with Crippen molar-refractivity contribution in [2.75, 3.05) is 26.3 Å². The van der Waals surface area contributed by atoms with Gasteiger partial charge in [-0.1, -0.05) is 91.0 Å². The summed E-state index contributed by atoms with van der Waals surface area (Å²) in [7, 11) is 0. The first-order valence-corrected chi connectivity index (χ1v) is 14.4. The average molecular weight is 545 g/mol. The Hall–Kier alpha value is -3.19. The third kappa shape index (κ3) is 8.65. The molecule has 6 heteroatoms. The Labute approximate surface area is 239 Å². The molecule has 0 saturated carbocycles. The van der Waals surface area contributed by atoms with Crippen molar-refractivity contribution in [2.24, 2.45) is 5.92 Å². The molecule has 214 valence electrons. The maximum absolute atomic E-state index is 13.3. The van der Waals surface area contributed by atoms with E-state index >= 15 is 0 Å². The molecule has 3 atom stereocenters. The van der Waals surface area contributed by atoms with Crippen LogP contribution in [-0.2, 0) is 22.6 Å². The summed E-state index contributed by atoms with van der Waals surface area (Å²) in [6, 6.07) is 30.5. The molecular weight excluding hydrogens is 500 g/mol. The van der Waals surface area contributed by atoms with Crippen LogP contribution in [0, 0.1) is 5.92 Å². The molecule has 0 aliphatic carbocycles. The number of benzene rings is 3. The molecule has 0 spiro atoms. The summed E-state index contributed by atoms with van der Waals surface area (Å²) < 4.78 is 12.0. The molecule has 6 nitrogen and oxygen atoms in total. The van der Waals surface area contributed by atoms with Crippen molar-refractivity contribution in [1.29, 1.82) is 0 Å². The second-order valence-electron chi connectivity index (χ2n) is 11.6. The molecule has 1 aliphatic heterocycles. The molecule has 1 aliphatic rings. The van der Waals surface area contributed by atoms with Crippen LogP contribution in [0.25, 0.3) is 0 Å². The van der Waals surface area contributed by atoms with Gasteiger partial charge in [-0.25, -0.2) is 4.79 Å². The minimum Gasteiger partial charge on any atom is -0.444 e. The average Bonchev–Trinajstić information content (AvgIpc) is 3.34. The van der Waals surface area contributed by atoms with E-state index in [0.717, 1.165) is 36.1 Å². The van der Waals surface area contributed by atoms with Gasteiger partial charge in [0.1, 0.15) is 5.60 Å². The van der Waals surface area contributed by atoms with Gasteiger partial charge in [0.05, 0.1) is 25.9 Å². The molecule has 3 aromatic rings. The largest absolute Gasteiger partial charge is 0.444 e. The predicted molar refractivity (Wildman–Crippen MR) is 159 cm³/mol. The maximum Gasteiger partial charge on any atom is 0.410 e. The molecule has 0 aromatic heterocycles. The molecule has 3 aromatic carbocycles. The summed E-state index contributed by atoms with van der Waals surface area (Å²) in [5.41, 5.74) is 2.76. The first-order valence-electron chi connectivity index (χ1n) is 14.4. The number of nitrogens with zero attached hydrogens (tertiary/aromatic N) is 2. The van der Waals surface area contributed by atoms with Gasteiger partial charge in [0.15, 0.2) is 0 Å². The molecule has 1 heterocycles. The van der Waals surface area contributed by atoms with Crippen LogP contribution in [0.2, 0.25) is 0 Å². The zero-order valence-electron chi connectivity index (χ0n) is 24.1. The molecule has 40 heavy (non-hydrogen) atoms. The highest BCUT2D eigenvalue weighted by atomic mass is 16.6. The Morgan fingerprint density at radius 3 is 2.15 bits per heavy atom. The molecule has 1 saturated heterocycles. The van der Waals surface area contributed by atoms with Gasteiger partial charge >= 0.3 is 6.09 Å². The van der Waals surface area contributed by atoms with E-state index < -0.39 is 5.60 Å². The summed E-state index contributed by atoms with van der Waals surface area (Å²) in [6.07, 6.45) is 1.43.